The summed E-state index contributed by atoms with van der Waals surface area (Å²) in [5.74, 6) is 0.879. The average molecular weight is 359 g/mol. The third-order valence-corrected chi connectivity index (χ3v) is 6.04. The molecule has 0 radical (unpaired) electrons. The van der Waals surface area contributed by atoms with Gasteiger partial charge < -0.3 is 18.9 Å². The van der Waals surface area contributed by atoms with Crippen LogP contribution in [0.1, 0.15) is 53.0 Å². The first kappa shape index (κ1) is 19.2. The zero-order chi connectivity index (χ0) is 19.1. The van der Waals surface area contributed by atoms with E-state index in [-0.39, 0.29) is 5.91 Å². The van der Waals surface area contributed by atoms with E-state index in [1.54, 1.807) is 7.11 Å². The van der Waals surface area contributed by atoms with Gasteiger partial charge in [0, 0.05) is 18.2 Å². The zero-order valence-corrected chi connectivity index (χ0v) is 16.8. The van der Waals surface area contributed by atoms with Gasteiger partial charge in [0.1, 0.15) is 5.75 Å². The Morgan fingerprint density at radius 2 is 1.92 bits per heavy atom. The summed E-state index contributed by atoms with van der Waals surface area (Å²) in [5, 5.41) is 0. The fourth-order valence-corrected chi connectivity index (χ4v) is 3.63. The minimum absolute atomic E-state index is 0.152. The molecule has 2 saturated heterocycles. The Kier molecular flexibility index (Phi) is 5.10. The van der Waals surface area contributed by atoms with Crippen molar-refractivity contribution in [2.75, 3.05) is 13.7 Å². The number of rotatable bonds is 4. The summed E-state index contributed by atoms with van der Waals surface area (Å²) in [4.78, 5) is 14.7. The number of methoxy groups -OCH3 is 1. The van der Waals surface area contributed by atoms with Crippen LogP contribution in [-0.2, 0) is 20.5 Å². The number of hydrogen-bond donors (Lipinski definition) is 0. The number of carbonyl (C=O) groups excluding carboxylic acids is 1. The fourth-order valence-electron chi connectivity index (χ4n) is 3.63. The average Bonchev–Trinajstić information content (AvgIpc) is 3.08. The Labute approximate surface area is 157 Å². The first-order chi connectivity index (χ1) is 12.1. The van der Waals surface area contributed by atoms with Crippen LogP contribution in [-0.4, -0.2) is 48.8 Å². The Hall–Kier alpha value is -1.53. The van der Waals surface area contributed by atoms with Gasteiger partial charge in [-0.1, -0.05) is 12.1 Å². The van der Waals surface area contributed by atoms with Gasteiger partial charge in [0.05, 0.1) is 24.7 Å². The van der Waals surface area contributed by atoms with Gasteiger partial charge in [0.15, 0.2) is 0 Å². The molecular weight excluding hydrogens is 329 g/mol. The van der Waals surface area contributed by atoms with E-state index in [1.807, 2.05) is 50.8 Å². The predicted octanol–water partition coefficient (Wildman–Crippen LogP) is 2.55. The van der Waals surface area contributed by atoms with Crippen LogP contribution in [0.4, 0.5) is 0 Å². The largest absolute Gasteiger partial charge is 0.496 e. The highest BCUT2D eigenvalue weighted by Crippen LogP contribution is 2.36. The Bertz CT molecular complexity index is 672. The molecule has 6 heteroatoms. The summed E-state index contributed by atoms with van der Waals surface area (Å²) in [5.41, 5.74) is 1.02. The van der Waals surface area contributed by atoms with Crippen LogP contribution in [0.5, 0.6) is 5.75 Å². The molecule has 26 heavy (non-hydrogen) atoms. The Balaban J connectivity index is 1.82. The third-order valence-electron chi connectivity index (χ3n) is 6.04. The summed E-state index contributed by atoms with van der Waals surface area (Å²) >= 11 is 0. The minimum atomic E-state index is -0.439. The van der Waals surface area contributed by atoms with Crippen LogP contribution in [0.3, 0.4) is 0 Å². The van der Waals surface area contributed by atoms with E-state index in [4.69, 9.17) is 14.0 Å². The molecule has 0 unspecified atom stereocenters. The first-order valence-corrected chi connectivity index (χ1v) is 9.46. The fraction of sp³-hybridized carbons (Fsp3) is 0.650. The van der Waals surface area contributed by atoms with Crippen LogP contribution < -0.4 is 10.2 Å². The number of ether oxygens (including phenoxy) is 1. The van der Waals surface area contributed by atoms with Gasteiger partial charge in [0.25, 0.3) is 0 Å². The molecule has 0 aliphatic carbocycles. The van der Waals surface area contributed by atoms with Crippen LogP contribution in [0, 0.1) is 0 Å². The first-order valence-electron chi connectivity index (χ1n) is 9.46. The van der Waals surface area contributed by atoms with E-state index < -0.39 is 18.3 Å². The molecule has 0 saturated carbocycles. The Morgan fingerprint density at radius 3 is 2.46 bits per heavy atom. The van der Waals surface area contributed by atoms with Crippen molar-refractivity contribution in [3.63, 3.8) is 0 Å². The van der Waals surface area contributed by atoms with E-state index in [0.29, 0.717) is 12.5 Å². The lowest BCUT2D eigenvalue weighted by molar-refractivity contribution is -0.131. The van der Waals surface area contributed by atoms with Gasteiger partial charge in [-0.15, -0.1) is 0 Å². The topological polar surface area (TPSA) is 48.0 Å². The maximum absolute atomic E-state index is 12.7. The highest BCUT2D eigenvalue weighted by atomic mass is 16.7. The molecule has 0 N–H and O–H groups in total. The van der Waals surface area contributed by atoms with Crippen molar-refractivity contribution < 1.29 is 18.8 Å². The second-order valence-corrected chi connectivity index (χ2v) is 8.41. The highest BCUT2D eigenvalue weighted by molar-refractivity contribution is 6.62. The number of nitrogens with zero attached hydrogens (tertiary/aromatic N) is 1. The van der Waals surface area contributed by atoms with E-state index in [0.717, 1.165) is 36.2 Å². The van der Waals surface area contributed by atoms with E-state index >= 15 is 0 Å². The molecule has 2 aliphatic heterocycles. The summed E-state index contributed by atoms with van der Waals surface area (Å²) in [6, 6.07) is 6.16. The number of likely N-dealkylation sites (tertiary alicyclic amines) is 1. The van der Waals surface area contributed by atoms with E-state index in [1.165, 1.54) is 0 Å². The van der Waals surface area contributed by atoms with Crippen LogP contribution in [0.2, 0.25) is 0 Å². The second-order valence-electron chi connectivity index (χ2n) is 8.41. The van der Waals surface area contributed by atoms with Crippen molar-refractivity contribution >= 4 is 18.5 Å². The smallest absolute Gasteiger partial charge is 0.494 e. The van der Waals surface area contributed by atoms with Crippen molar-refractivity contribution in [1.29, 1.82) is 0 Å². The molecule has 0 spiro atoms. The quantitative estimate of drug-likeness (QED) is 0.776. The summed E-state index contributed by atoms with van der Waals surface area (Å²) in [6.45, 7) is 11.1. The summed E-state index contributed by atoms with van der Waals surface area (Å²) in [7, 11) is 1.20. The molecule has 2 fully saturated rings. The maximum atomic E-state index is 12.7. The Morgan fingerprint density at radius 1 is 1.27 bits per heavy atom. The highest BCUT2D eigenvalue weighted by Gasteiger charge is 2.51. The number of amides is 1. The molecule has 142 valence electrons. The molecule has 1 aromatic carbocycles. The number of carbonyl (C=O) groups is 1. The monoisotopic (exact) mass is 359 g/mol. The lowest BCUT2D eigenvalue weighted by atomic mass is 9.78. The van der Waals surface area contributed by atoms with Gasteiger partial charge in [0.2, 0.25) is 5.91 Å². The van der Waals surface area contributed by atoms with Gasteiger partial charge in [-0.3, -0.25) is 4.79 Å². The van der Waals surface area contributed by atoms with Crippen molar-refractivity contribution in [3.8, 4) is 5.75 Å². The molecule has 2 heterocycles. The number of benzene rings is 1. The predicted molar refractivity (Wildman–Crippen MR) is 103 cm³/mol. The number of hydrogen-bond acceptors (Lipinski definition) is 4. The van der Waals surface area contributed by atoms with E-state index in [9.17, 15) is 4.79 Å². The standard InChI is InChI=1S/C20H30BNO4/c1-14-8-7-11-22(14)18(23)13-15-12-16(9-10-17(15)24-6)21-25-19(2,3)20(4,5)26-21/h9-10,12,14H,7-8,11,13H2,1-6H3/t14-/m0/s1. The van der Waals surface area contributed by atoms with Crippen molar-refractivity contribution in [2.24, 2.45) is 0 Å². The van der Waals surface area contributed by atoms with Gasteiger partial charge in [-0.2, -0.15) is 0 Å². The van der Waals surface area contributed by atoms with Crippen molar-refractivity contribution in [2.45, 2.75) is 71.1 Å². The van der Waals surface area contributed by atoms with Crippen LogP contribution in [0.25, 0.3) is 0 Å². The third kappa shape index (κ3) is 3.49. The lowest BCUT2D eigenvalue weighted by Crippen LogP contribution is -2.41. The molecule has 2 aliphatic rings. The molecular formula is C20H30BNO4. The molecule has 0 aromatic heterocycles. The maximum Gasteiger partial charge on any atom is 0.494 e. The molecule has 0 bridgehead atoms. The van der Waals surface area contributed by atoms with Crippen LogP contribution in [0.15, 0.2) is 18.2 Å². The SMILES string of the molecule is COc1ccc(B2OC(C)(C)C(C)(C)O2)cc1CC(=O)N1CCC[C@@H]1C. The molecule has 1 aromatic rings. The van der Waals surface area contributed by atoms with E-state index in [2.05, 4.69) is 6.92 Å². The molecule has 1 atom stereocenters. The zero-order valence-electron chi connectivity index (χ0n) is 16.8. The van der Waals surface area contributed by atoms with Gasteiger partial charge in [-0.25, -0.2) is 0 Å². The lowest BCUT2D eigenvalue weighted by Gasteiger charge is -2.32. The summed E-state index contributed by atoms with van der Waals surface area (Å²) < 4.78 is 17.8. The molecule has 3 rings (SSSR count). The minimum Gasteiger partial charge on any atom is -0.496 e. The second kappa shape index (κ2) is 6.89. The van der Waals surface area contributed by atoms with Gasteiger partial charge >= 0.3 is 7.12 Å². The van der Waals surface area contributed by atoms with Crippen LogP contribution >= 0.6 is 0 Å². The normalized spacial score (nSPS) is 24.2. The molecule has 5 nitrogen and oxygen atoms in total. The molecule has 1 amide bonds. The summed E-state index contributed by atoms with van der Waals surface area (Å²) in [6.07, 6.45) is 2.50. The van der Waals surface area contributed by atoms with Crippen molar-refractivity contribution in [1.82, 2.24) is 4.90 Å². The van der Waals surface area contributed by atoms with Gasteiger partial charge in [-0.05, 0) is 59.0 Å². The van der Waals surface area contributed by atoms with Crippen molar-refractivity contribution in [3.05, 3.63) is 23.8 Å².